The number of carbonyl (C=O) groups excluding carboxylic acids is 1. The van der Waals surface area contributed by atoms with Gasteiger partial charge in [0, 0.05) is 17.5 Å². The molecule has 3 N–H and O–H groups in total. The molecule has 0 aromatic heterocycles. The number of carbonyl (C=O) groups is 1. The molecule has 1 aromatic rings. The number of benzene rings is 1. The van der Waals surface area contributed by atoms with E-state index in [1.54, 1.807) is 18.2 Å². The van der Waals surface area contributed by atoms with E-state index in [0.717, 1.165) is 6.42 Å². The molecular formula is C15H20ClN3O. The van der Waals surface area contributed by atoms with Gasteiger partial charge in [-0.25, -0.2) is 0 Å². The summed E-state index contributed by atoms with van der Waals surface area (Å²) in [6.45, 7) is 6.24. The lowest BCUT2D eigenvalue weighted by atomic mass is 9.87. The summed E-state index contributed by atoms with van der Waals surface area (Å²) in [4.78, 5) is 11.9. The van der Waals surface area contributed by atoms with E-state index in [0.29, 0.717) is 16.3 Å². The van der Waals surface area contributed by atoms with Crippen molar-refractivity contribution in [1.29, 1.82) is 5.26 Å². The zero-order chi connectivity index (χ0) is 15.3. The zero-order valence-corrected chi connectivity index (χ0v) is 12.8. The maximum Gasteiger partial charge on any atom is 0.225 e. The molecule has 0 saturated heterocycles. The normalized spacial score (nSPS) is 12.6. The third-order valence-corrected chi connectivity index (χ3v) is 2.93. The Labute approximate surface area is 124 Å². The Morgan fingerprint density at radius 2 is 2.15 bits per heavy atom. The quantitative estimate of drug-likeness (QED) is 0.894. The Morgan fingerprint density at radius 3 is 2.70 bits per heavy atom. The number of anilines is 1. The van der Waals surface area contributed by atoms with Gasteiger partial charge in [0.05, 0.1) is 11.3 Å². The second-order valence-electron chi connectivity index (χ2n) is 6.08. The highest BCUT2D eigenvalue weighted by Crippen LogP contribution is 2.23. The van der Waals surface area contributed by atoms with E-state index in [1.807, 2.05) is 6.07 Å². The number of hydrogen-bond acceptors (Lipinski definition) is 3. The fraction of sp³-hybridized carbons (Fsp3) is 0.467. The first-order chi connectivity index (χ1) is 9.21. The third-order valence-electron chi connectivity index (χ3n) is 2.70. The molecule has 1 rings (SSSR count). The standard InChI is InChI=1S/C15H20ClN3O/c1-15(2,3)8-12(18)7-14(20)19-13-6-11(16)5-4-10(13)9-17/h4-6,12H,7-8,18H2,1-3H3,(H,19,20). The second-order valence-corrected chi connectivity index (χ2v) is 6.52. The molecule has 108 valence electrons. The van der Waals surface area contributed by atoms with Gasteiger partial charge >= 0.3 is 0 Å². The van der Waals surface area contributed by atoms with Crippen molar-refractivity contribution in [3.05, 3.63) is 28.8 Å². The molecule has 0 spiro atoms. The molecule has 0 saturated carbocycles. The highest BCUT2D eigenvalue weighted by Gasteiger charge is 2.18. The Morgan fingerprint density at radius 1 is 1.50 bits per heavy atom. The molecule has 0 aliphatic heterocycles. The summed E-state index contributed by atoms with van der Waals surface area (Å²) in [5.74, 6) is -0.208. The summed E-state index contributed by atoms with van der Waals surface area (Å²) in [7, 11) is 0. The first-order valence-electron chi connectivity index (χ1n) is 6.46. The number of hydrogen-bond donors (Lipinski definition) is 2. The summed E-state index contributed by atoms with van der Waals surface area (Å²) in [6.07, 6.45) is 0.968. The van der Waals surface area contributed by atoms with Crippen LogP contribution in [0.4, 0.5) is 5.69 Å². The van der Waals surface area contributed by atoms with Crippen molar-refractivity contribution in [3.63, 3.8) is 0 Å². The number of amides is 1. The monoisotopic (exact) mass is 293 g/mol. The van der Waals surface area contributed by atoms with Crippen LogP contribution >= 0.6 is 11.6 Å². The van der Waals surface area contributed by atoms with Gasteiger partial charge in [0.2, 0.25) is 5.91 Å². The van der Waals surface area contributed by atoms with E-state index < -0.39 is 0 Å². The van der Waals surface area contributed by atoms with Crippen molar-refractivity contribution in [2.75, 3.05) is 5.32 Å². The maximum atomic E-state index is 11.9. The topological polar surface area (TPSA) is 78.9 Å². The minimum Gasteiger partial charge on any atom is -0.327 e. The number of halogens is 1. The number of nitrogens with zero attached hydrogens (tertiary/aromatic N) is 1. The Hall–Kier alpha value is -1.57. The summed E-state index contributed by atoms with van der Waals surface area (Å²) in [5, 5.41) is 12.2. The van der Waals surface area contributed by atoms with Gasteiger partial charge in [0.1, 0.15) is 6.07 Å². The van der Waals surface area contributed by atoms with Crippen molar-refractivity contribution < 1.29 is 4.79 Å². The van der Waals surface area contributed by atoms with Gasteiger partial charge in [0.25, 0.3) is 0 Å². The predicted octanol–water partition coefficient (Wildman–Crippen LogP) is 3.30. The number of nitriles is 1. The highest BCUT2D eigenvalue weighted by atomic mass is 35.5. The molecule has 0 heterocycles. The van der Waals surface area contributed by atoms with Gasteiger partial charge in [-0.3, -0.25) is 4.79 Å². The first-order valence-corrected chi connectivity index (χ1v) is 6.84. The minimum atomic E-state index is -0.209. The van der Waals surface area contributed by atoms with Crippen LogP contribution in [-0.2, 0) is 4.79 Å². The zero-order valence-electron chi connectivity index (χ0n) is 12.0. The van der Waals surface area contributed by atoms with Crippen LogP contribution in [-0.4, -0.2) is 11.9 Å². The third kappa shape index (κ3) is 5.60. The molecule has 0 bridgehead atoms. The summed E-state index contributed by atoms with van der Waals surface area (Å²) >= 11 is 5.86. The van der Waals surface area contributed by atoms with Gasteiger partial charge in [-0.2, -0.15) is 5.26 Å². The van der Waals surface area contributed by atoms with Crippen LogP contribution in [0.3, 0.4) is 0 Å². The lowest BCUT2D eigenvalue weighted by molar-refractivity contribution is -0.116. The number of rotatable bonds is 4. The Bertz CT molecular complexity index is 529. The lowest BCUT2D eigenvalue weighted by Gasteiger charge is -2.22. The van der Waals surface area contributed by atoms with Gasteiger partial charge < -0.3 is 11.1 Å². The van der Waals surface area contributed by atoms with Crippen molar-refractivity contribution in [1.82, 2.24) is 0 Å². The van der Waals surface area contributed by atoms with Crippen LogP contribution in [0.5, 0.6) is 0 Å². The molecule has 0 fully saturated rings. The number of nitrogens with two attached hydrogens (primary N) is 1. The molecule has 0 radical (unpaired) electrons. The number of nitrogens with one attached hydrogen (secondary N) is 1. The SMILES string of the molecule is CC(C)(C)CC(N)CC(=O)Nc1cc(Cl)ccc1C#N. The molecular weight excluding hydrogens is 274 g/mol. The van der Waals surface area contributed by atoms with E-state index in [-0.39, 0.29) is 23.8 Å². The molecule has 0 aliphatic carbocycles. The minimum absolute atomic E-state index is 0.0770. The molecule has 1 atom stereocenters. The fourth-order valence-electron chi connectivity index (χ4n) is 2.02. The molecule has 1 amide bonds. The molecule has 1 aromatic carbocycles. The van der Waals surface area contributed by atoms with Gasteiger partial charge in [-0.05, 0) is 30.0 Å². The molecule has 1 unspecified atom stereocenters. The van der Waals surface area contributed by atoms with Gasteiger partial charge in [-0.15, -0.1) is 0 Å². The van der Waals surface area contributed by atoms with E-state index in [2.05, 4.69) is 26.1 Å². The molecule has 5 heteroatoms. The average Bonchev–Trinajstić information content (AvgIpc) is 2.26. The predicted molar refractivity (Wildman–Crippen MR) is 81.5 cm³/mol. The molecule has 4 nitrogen and oxygen atoms in total. The van der Waals surface area contributed by atoms with Crippen molar-refractivity contribution >= 4 is 23.2 Å². The Balaban J connectivity index is 2.68. The summed E-state index contributed by atoms with van der Waals surface area (Å²) < 4.78 is 0. The highest BCUT2D eigenvalue weighted by molar-refractivity contribution is 6.31. The van der Waals surface area contributed by atoms with Crippen molar-refractivity contribution in [3.8, 4) is 6.07 Å². The van der Waals surface area contributed by atoms with Crippen molar-refractivity contribution in [2.24, 2.45) is 11.1 Å². The van der Waals surface area contributed by atoms with Crippen LogP contribution < -0.4 is 11.1 Å². The van der Waals surface area contributed by atoms with Crippen LogP contribution in [0.1, 0.15) is 39.2 Å². The van der Waals surface area contributed by atoms with E-state index in [1.165, 1.54) is 0 Å². The largest absolute Gasteiger partial charge is 0.327 e. The average molecular weight is 294 g/mol. The van der Waals surface area contributed by atoms with Crippen LogP contribution in [0.2, 0.25) is 5.02 Å². The molecule has 0 aliphatic rings. The van der Waals surface area contributed by atoms with Crippen molar-refractivity contribution in [2.45, 2.75) is 39.7 Å². The fourth-order valence-corrected chi connectivity index (χ4v) is 2.19. The summed E-state index contributed by atoms with van der Waals surface area (Å²) in [6, 6.07) is 6.56. The van der Waals surface area contributed by atoms with Crippen LogP contribution in [0.15, 0.2) is 18.2 Å². The van der Waals surface area contributed by atoms with E-state index in [9.17, 15) is 4.79 Å². The van der Waals surface area contributed by atoms with Crippen LogP contribution in [0.25, 0.3) is 0 Å². The van der Waals surface area contributed by atoms with E-state index in [4.69, 9.17) is 22.6 Å². The van der Waals surface area contributed by atoms with Gasteiger partial charge in [0.15, 0.2) is 0 Å². The molecule has 20 heavy (non-hydrogen) atoms. The smallest absolute Gasteiger partial charge is 0.225 e. The second kappa shape index (κ2) is 6.74. The Kier molecular flexibility index (Phi) is 5.55. The van der Waals surface area contributed by atoms with E-state index >= 15 is 0 Å². The van der Waals surface area contributed by atoms with Gasteiger partial charge in [-0.1, -0.05) is 32.4 Å². The lowest BCUT2D eigenvalue weighted by Crippen LogP contribution is -2.31. The van der Waals surface area contributed by atoms with Crippen LogP contribution in [0, 0.1) is 16.7 Å². The summed E-state index contributed by atoms with van der Waals surface area (Å²) in [5.41, 5.74) is 6.85. The first kappa shape index (κ1) is 16.5. The maximum absolute atomic E-state index is 11.9.